The zero-order valence-corrected chi connectivity index (χ0v) is 13.5. The fourth-order valence-electron chi connectivity index (χ4n) is 2.82. The van der Waals surface area contributed by atoms with E-state index in [-0.39, 0.29) is 0 Å². The Morgan fingerprint density at radius 2 is 2.05 bits per heavy atom. The second-order valence-electron chi connectivity index (χ2n) is 6.28. The maximum atomic E-state index is 6.31. The third kappa shape index (κ3) is 3.65. The van der Waals surface area contributed by atoms with Crippen LogP contribution in [0.1, 0.15) is 39.2 Å². The average Bonchev–Trinajstić information content (AvgIpc) is 2.99. The van der Waals surface area contributed by atoms with E-state index in [9.17, 15) is 0 Å². The first kappa shape index (κ1) is 15.2. The predicted molar refractivity (Wildman–Crippen MR) is 84.1 cm³/mol. The first-order chi connectivity index (χ1) is 8.95. The lowest BCUT2D eigenvalue weighted by atomic mass is 9.97. The molecule has 1 aromatic rings. The van der Waals surface area contributed by atoms with Crippen molar-refractivity contribution in [3.05, 3.63) is 33.8 Å². The molecule has 0 heterocycles. The fourth-order valence-corrected chi connectivity index (χ4v) is 3.22. The van der Waals surface area contributed by atoms with Crippen molar-refractivity contribution < 1.29 is 0 Å². The molecule has 1 fully saturated rings. The zero-order valence-electron chi connectivity index (χ0n) is 12.0. The topological polar surface area (TPSA) is 12.0 Å². The van der Waals surface area contributed by atoms with Crippen molar-refractivity contribution in [2.75, 3.05) is 6.54 Å². The molecule has 1 saturated carbocycles. The third-order valence-corrected chi connectivity index (χ3v) is 5.06. The number of hydrogen-bond donors (Lipinski definition) is 1. The summed E-state index contributed by atoms with van der Waals surface area (Å²) in [5.41, 5.74) is 1.63. The Morgan fingerprint density at radius 3 is 2.63 bits per heavy atom. The maximum absolute atomic E-state index is 6.31. The van der Waals surface area contributed by atoms with Gasteiger partial charge in [0.25, 0.3) is 0 Å². The lowest BCUT2D eigenvalue weighted by Gasteiger charge is -2.21. The largest absolute Gasteiger partial charge is 0.313 e. The van der Waals surface area contributed by atoms with E-state index in [2.05, 4.69) is 32.2 Å². The number of rotatable bonds is 6. The summed E-state index contributed by atoms with van der Waals surface area (Å²) in [5.74, 6) is 0.745. The Kier molecular flexibility index (Phi) is 4.81. The number of nitrogens with one attached hydrogen (secondary N) is 1. The van der Waals surface area contributed by atoms with E-state index in [1.165, 1.54) is 6.42 Å². The molecule has 2 atom stereocenters. The summed E-state index contributed by atoms with van der Waals surface area (Å²) < 4.78 is 0. The molecule has 0 aromatic heterocycles. The van der Waals surface area contributed by atoms with Gasteiger partial charge in [-0.3, -0.25) is 0 Å². The standard InChI is InChI=1S/C16H23Cl2N/c1-4-8-19-14(12-10-16(12,2)3)9-11-6-5-7-13(17)15(11)18/h5-7,12,14,19H,4,8-10H2,1-3H3. The SMILES string of the molecule is CCCNC(Cc1cccc(Cl)c1Cl)C1CC1(C)C. The molecule has 2 unspecified atom stereocenters. The molecule has 1 aliphatic rings. The van der Waals surface area contributed by atoms with Crippen LogP contribution in [-0.2, 0) is 6.42 Å². The van der Waals surface area contributed by atoms with Crippen LogP contribution in [0, 0.1) is 11.3 Å². The molecule has 1 aliphatic carbocycles. The van der Waals surface area contributed by atoms with Gasteiger partial charge in [-0.25, -0.2) is 0 Å². The first-order valence-corrected chi connectivity index (χ1v) is 7.87. The minimum atomic E-state index is 0.469. The summed E-state index contributed by atoms with van der Waals surface area (Å²) in [6.45, 7) is 7.96. The van der Waals surface area contributed by atoms with Gasteiger partial charge in [0.15, 0.2) is 0 Å². The van der Waals surface area contributed by atoms with Gasteiger partial charge in [0.1, 0.15) is 0 Å². The molecule has 106 valence electrons. The zero-order chi connectivity index (χ0) is 14.0. The minimum absolute atomic E-state index is 0.469. The summed E-state index contributed by atoms with van der Waals surface area (Å²) in [4.78, 5) is 0. The molecule has 3 heteroatoms. The number of hydrogen-bond acceptors (Lipinski definition) is 1. The maximum Gasteiger partial charge on any atom is 0.0624 e. The Bertz CT molecular complexity index is 442. The van der Waals surface area contributed by atoms with Crippen LogP contribution in [0.4, 0.5) is 0 Å². The predicted octanol–water partition coefficient (Wildman–Crippen LogP) is 4.95. The highest BCUT2D eigenvalue weighted by Gasteiger charge is 2.49. The van der Waals surface area contributed by atoms with E-state index in [4.69, 9.17) is 23.2 Å². The fraction of sp³-hybridized carbons (Fsp3) is 0.625. The van der Waals surface area contributed by atoms with Crippen LogP contribution in [0.15, 0.2) is 18.2 Å². The first-order valence-electron chi connectivity index (χ1n) is 7.12. The molecule has 1 nitrogen and oxygen atoms in total. The molecule has 0 saturated heterocycles. The lowest BCUT2D eigenvalue weighted by Crippen LogP contribution is -2.35. The highest BCUT2D eigenvalue weighted by Crippen LogP contribution is 2.54. The molecule has 0 spiro atoms. The van der Waals surface area contributed by atoms with Crippen molar-refractivity contribution in [2.24, 2.45) is 11.3 Å². The second-order valence-corrected chi connectivity index (χ2v) is 7.06. The van der Waals surface area contributed by atoms with Gasteiger partial charge < -0.3 is 5.32 Å². The van der Waals surface area contributed by atoms with Gasteiger partial charge >= 0.3 is 0 Å². The Morgan fingerprint density at radius 1 is 1.37 bits per heavy atom. The molecule has 0 aliphatic heterocycles. The van der Waals surface area contributed by atoms with Gasteiger partial charge in [-0.15, -0.1) is 0 Å². The molecule has 1 N–H and O–H groups in total. The van der Waals surface area contributed by atoms with Crippen LogP contribution >= 0.6 is 23.2 Å². The highest BCUT2D eigenvalue weighted by atomic mass is 35.5. The van der Waals surface area contributed by atoms with Gasteiger partial charge in [-0.05, 0) is 48.8 Å². The van der Waals surface area contributed by atoms with Crippen LogP contribution in [0.25, 0.3) is 0 Å². The number of halogens is 2. The van der Waals surface area contributed by atoms with Crippen molar-refractivity contribution in [1.29, 1.82) is 0 Å². The van der Waals surface area contributed by atoms with Gasteiger partial charge in [0.2, 0.25) is 0 Å². The van der Waals surface area contributed by atoms with E-state index < -0.39 is 0 Å². The van der Waals surface area contributed by atoms with Gasteiger partial charge in [0, 0.05) is 6.04 Å². The van der Waals surface area contributed by atoms with E-state index >= 15 is 0 Å². The van der Waals surface area contributed by atoms with Crippen molar-refractivity contribution in [3.63, 3.8) is 0 Å². The van der Waals surface area contributed by atoms with Crippen LogP contribution in [0.2, 0.25) is 10.0 Å². The Balaban J connectivity index is 2.09. The summed E-state index contributed by atoms with van der Waals surface area (Å²) in [7, 11) is 0. The molecule has 0 amide bonds. The van der Waals surface area contributed by atoms with Crippen LogP contribution < -0.4 is 5.32 Å². The summed E-state index contributed by atoms with van der Waals surface area (Å²) >= 11 is 12.4. The quantitative estimate of drug-likeness (QED) is 0.783. The van der Waals surface area contributed by atoms with Crippen molar-refractivity contribution in [2.45, 2.75) is 46.1 Å². The Labute approximate surface area is 126 Å². The normalized spacial score (nSPS) is 22.3. The second kappa shape index (κ2) is 6.03. The van der Waals surface area contributed by atoms with E-state index in [0.29, 0.717) is 21.5 Å². The van der Waals surface area contributed by atoms with Crippen molar-refractivity contribution in [1.82, 2.24) is 5.32 Å². The molecule has 2 rings (SSSR count). The van der Waals surface area contributed by atoms with Crippen molar-refractivity contribution in [3.8, 4) is 0 Å². The summed E-state index contributed by atoms with van der Waals surface area (Å²) in [6.07, 6.45) is 3.42. The molecule has 0 bridgehead atoms. The molecule has 19 heavy (non-hydrogen) atoms. The smallest absolute Gasteiger partial charge is 0.0624 e. The molecular weight excluding hydrogens is 277 g/mol. The lowest BCUT2D eigenvalue weighted by molar-refractivity contribution is 0.402. The summed E-state index contributed by atoms with van der Waals surface area (Å²) in [6, 6.07) is 6.43. The molecule has 0 radical (unpaired) electrons. The third-order valence-electron chi connectivity index (χ3n) is 4.20. The number of benzene rings is 1. The van der Waals surface area contributed by atoms with E-state index in [1.807, 2.05) is 12.1 Å². The van der Waals surface area contributed by atoms with E-state index in [0.717, 1.165) is 30.9 Å². The molecule has 1 aromatic carbocycles. The van der Waals surface area contributed by atoms with Gasteiger partial charge in [-0.2, -0.15) is 0 Å². The van der Waals surface area contributed by atoms with E-state index in [1.54, 1.807) is 0 Å². The van der Waals surface area contributed by atoms with Gasteiger partial charge in [-0.1, -0.05) is 56.1 Å². The van der Waals surface area contributed by atoms with Crippen LogP contribution in [0.5, 0.6) is 0 Å². The monoisotopic (exact) mass is 299 g/mol. The van der Waals surface area contributed by atoms with Crippen LogP contribution in [-0.4, -0.2) is 12.6 Å². The Hall–Kier alpha value is -0.240. The average molecular weight is 300 g/mol. The van der Waals surface area contributed by atoms with Crippen LogP contribution in [0.3, 0.4) is 0 Å². The highest BCUT2D eigenvalue weighted by molar-refractivity contribution is 6.42. The van der Waals surface area contributed by atoms with Gasteiger partial charge in [0.05, 0.1) is 10.0 Å². The van der Waals surface area contributed by atoms with Crippen molar-refractivity contribution >= 4 is 23.2 Å². The molecular formula is C16H23Cl2N. The minimum Gasteiger partial charge on any atom is -0.313 e. The summed E-state index contributed by atoms with van der Waals surface area (Å²) in [5, 5.41) is 5.05.